The number of amides is 1. The predicted octanol–water partition coefficient (Wildman–Crippen LogP) is 5.57. The van der Waals surface area contributed by atoms with Gasteiger partial charge in [0, 0.05) is 31.0 Å². The van der Waals surface area contributed by atoms with Gasteiger partial charge in [0.2, 0.25) is 0 Å². The molecular weight excluding hydrogens is 585 g/mol. The highest BCUT2D eigenvalue weighted by Gasteiger charge is 2.47. The van der Waals surface area contributed by atoms with Gasteiger partial charge in [0.1, 0.15) is 15.6 Å². The quantitative estimate of drug-likeness (QED) is 0.311. The first-order valence-electron chi connectivity index (χ1n) is 13.6. The highest BCUT2D eigenvalue weighted by Crippen LogP contribution is 2.42. The maximum absolute atomic E-state index is 13.5. The summed E-state index contributed by atoms with van der Waals surface area (Å²) in [5.41, 5.74) is -1.10. The van der Waals surface area contributed by atoms with Gasteiger partial charge in [0.15, 0.2) is 5.69 Å². The lowest BCUT2D eigenvalue weighted by Gasteiger charge is -2.28. The van der Waals surface area contributed by atoms with Crippen LogP contribution in [0.1, 0.15) is 61.1 Å². The largest absolute Gasteiger partial charge is 0.434 e. The van der Waals surface area contributed by atoms with Gasteiger partial charge in [0.05, 0.1) is 29.5 Å². The highest BCUT2D eigenvalue weighted by atomic mass is 32.2. The number of ether oxygens (including phenoxy) is 2. The number of benzene rings is 1. The van der Waals surface area contributed by atoms with Crippen molar-refractivity contribution in [3.63, 3.8) is 0 Å². The summed E-state index contributed by atoms with van der Waals surface area (Å²) < 4.78 is 102. The number of sulfone groups is 1. The Bertz CT molecular complexity index is 1350. The van der Waals surface area contributed by atoms with Crippen LogP contribution in [-0.2, 0) is 27.5 Å². The Morgan fingerprint density at radius 2 is 1.81 bits per heavy atom. The lowest BCUT2D eigenvalue weighted by Crippen LogP contribution is -2.34. The normalized spacial score (nSPS) is 18.4. The van der Waals surface area contributed by atoms with Gasteiger partial charge in [-0.25, -0.2) is 8.42 Å². The van der Waals surface area contributed by atoms with Gasteiger partial charge < -0.3 is 14.8 Å². The molecule has 0 aliphatic heterocycles. The summed E-state index contributed by atoms with van der Waals surface area (Å²) in [5, 5.41) is 6.90. The minimum absolute atomic E-state index is 0.0520. The number of aromatic nitrogens is 2. The Hall–Kier alpha value is -2.74. The maximum atomic E-state index is 13.5. The van der Waals surface area contributed by atoms with Crippen LogP contribution in [0.3, 0.4) is 0 Å². The van der Waals surface area contributed by atoms with Crippen molar-refractivity contribution in [2.24, 2.45) is 11.3 Å². The van der Waals surface area contributed by atoms with E-state index in [1.165, 1.54) is 30.2 Å². The summed E-state index contributed by atoms with van der Waals surface area (Å²) in [5.74, 6) is -0.728. The molecule has 0 radical (unpaired) electrons. The fourth-order valence-electron chi connectivity index (χ4n) is 5.21. The van der Waals surface area contributed by atoms with Crippen LogP contribution >= 0.6 is 0 Å². The molecule has 1 aliphatic rings. The molecule has 1 saturated carbocycles. The van der Waals surface area contributed by atoms with Crippen molar-refractivity contribution < 1.29 is 44.6 Å². The second-order valence-electron chi connectivity index (χ2n) is 11.5. The minimum Gasteiger partial charge on any atom is -0.434 e. The number of halogens is 5. The molecular formula is C28H38F5N3O5S. The molecule has 1 aromatic heterocycles. The molecule has 0 bridgehead atoms. The summed E-state index contributed by atoms with van der Waals surface area (Å²) in [4.78, 5) is 13.2. The van der Waals surface area contributed by atoms with Crippen LogP contribution < -0.4 is 10.1 Å². The number of methoxy groups -OCH3 is 1. The lowest BCUT2D eigenvalue weighted by atomic mass is 9.84. The van der Waals surface area contributed by atoms with E-state index in [0.29, 0.717) is 43.5 Å². The third kappa shape index (κ3) is 8.21. The van der Waals surface area contributed by atoms with Gasteiger partial charge in [-0.1, -0.05) is 19.9 Å². The minimum atomic E-state index is -4.51. The fraction of sp³-hybridized carbons (Fsp3) is 0.643. The van der Waals surface area contributed by atoms with E-state index in [4.69, 9.17) is 9.47 Å². The lowest BCUT2D eigenvalue weighted by molar-refractivity contribution is -0.211. The summed E-state index contributed by atoms with van der Waals surface area (Å²) in [6, 6.07) is 3.98. The molecule has 14 heteroatoms. The average molecular weight is 624 g/mol. The summed E-state index contributed by atoms with van der Waals surface area (Å²) in [6.45, 7) is 1.07. The van der Waals surface area contributed by atoms with E-state index >= 15 is 0 Å². The first-order chi connectivity index (χ1) is 19.4. The molecule has 1 N–H and O–H groups in total. The van der Waals surface area contributed by atoms with Crippen LogP contribution in [0.2, 0.25) is 0 Å². The van der Waals surface area contributed by atoms with Crippen LogP contribution in [0, 0.1) is 18.3 Å². The SMILES string of the molecule is COCCn1nc(C(=O)NCC2CCC(S(C)(=O)=O)CC2)c(C)c1-c1ccc(CC(C)(C)C(F)(F)F)cc1OC(F)F. The zero-order valence-electron chi connectivity index (χ0n) is 24.4. The Balaban J connectivity index is 1.91. The molecule has 3 rings (SSSR count). The zero-order valence-corrected chi connectivity index (χ0v) is 25.2. The predicted molar refractivity (Wildman–Crippen MR) is 147 cm³/mol. The van der Waals surface area contributed by atoms with Crippen molar-refractivity contribution in [3.05, 3.63) is 35.0 Å². The van der Waals surface area contributed by atoms with Crippen molar-refractivity contribution in [2.45, 2.75) is 77.5 Å². The van der Waals surface area contributed by atoms with Gasteiger partial charge in [-0.15, -0.1) is 0 Å². The number of alkyl halides is 5. The molecule has 1 aromatic carbocycles. The third-order valence-electron chi connectivity index (χ3n) is 7.79. The maximum Gasteiger partial charge on any atom is 0.394 e. The van der Waals surface area contributed by atoms with Gasteiger partial charge >= 0.3 is 12.8 Å². The Kier molecular flexibility index (Phi) is 10.7. The van der Waals surface area contributed by atoms with Crippen LogP contribution in [0.25, 0.3) is 11.3 Å². The van der Waals surface area contributed by atoms with Crippen molar-refractivity contribution in [2.75, 3.05) is 26.5 Å². The molecule has 8 nitrogen and oxygen atoms in total. The van der Waals surface area contributed by atoms with Crippen LogP contribution in [0.5, 0.6) is 5.75 Å². The van der Waals surface area contributed by atoms with Gasteiger partial charge in [-0.2, -0.15) is 27.1 Å². The van der Waals surface area contributed by atoms with E-state index in [1.54, 1.807) is 6.92 Å². The van der Waals surface area contributed by atoms with Crippen molar-refractivity contribution in [1.82, 2.24) is 15.1 Å². The Morgan fingerprint density at radius 3 is 2.36 bits per heavy atom. The first-order valence-corrected chi connectivity index (χ1v) is 15.6. The van der Waals surface area contributed by atoms with Crippen molar-refractivity contribution in [3.8, 4) is 17.0 Å². The molecule has 0 atom stereocenters. The zero-order chi connectivity index (χ0) is 31.5. The molecule has 1 heterocycles. The van der Waals surface area contributed by atoms with Crippen LogP contribution in [0.15, 0.2) is 18.2 Å². The number of carbonyl (C=O) groups excluding carboxylic acids is 1. The van der Waals surface area contributed by atoms with Crippen molar-refractivity contribution >= 4 is 15.7 Å². The van der Waals surface area contributed by atoms with E-state index in [-0.39, 0.29) is 46.9 Å². The summed E-state index contributed by atoms with van der Waals surface area (Å²) in [6.07, 6.45) is -1.39. The smallest absolute Gasteiger partial charge is 0.394 e. The highest BCUT2D eigenvalue weighted by molar-refractivity contribution is 7.91. The second-order valence-corrected chi connectivity index (χ2v) is 13.8. The Morgan fingerprint density at radius 1 is 1.17 bits per heavy atom. The molecule has 0 spiro atoms. The van der Waals surface area contributed by atoms with E-state index in [2.05, 4.69) is 10.4 Å². The molecule has 42 heavy (non-hydrogen) atoms. The van der Waals surface area contributed by atoms with E-state index < -0.39 is 40.4 Å². The number of carbonyl (C=O) groups is 1. The number of hydrogen-bond acceptors (Lipinski definition) is 6. The molecule has 1 amide bonds. The van der Waals surface area contributed by atoms with Gasteiger partial charge in [-0.05, 0) is 62.6 Å². The molecule has 2 aromatic rings. The molecule has 1 aliphatic carbocycles. The fourth-order valence-corrected chi connectivity index (χ4v) is 6.34. The average Bonchev–Trinajstić information content (AvgIpc) is 3.20. The molecule has 0 saturated heterocycles. The van der Waals surface area contributed by atoms with E-state index in [9.17, 15) is 35.2 Å². The molecule has 0 unspecified atom stereocenters. The topological polar surface area (TPSA) is 99.5 Å². The number of nitrogens with zero attached hydrogens (tertiary/aromatic N) is 2. The summed E-state index contributed by atoms with van der Waals surface area (Å²) in [7, 11) is -1.65. The summed E-state index contributed by atoms with van der Waals surface area (Å²) >= 11 is 0. The number of nitrogens with one attached hydrogen (secondary N) is 1. The van der Waals surface area contributed by atoms with Crippen molar-refractivity contribution in [1.29, 1.82) is 0 Å². The second kappa shape index (κ2) is 13.3. The van der Waals surface area contributed by atoms with Crippen LogP contribution in [0.4, 0.5) is 22.0 Å². The third-order valence-corrected chi connectivity index (χ3v) is 9.48. The first kappa shape index (κ1) is 33.8. The van der Waals surface area contributed by atoms with E-state index in [0.717, 1.165) is 19.9 Å². The molecule has 1 fully saturated rings. The standard InChI is InChI=1S/C28H38F5N3O5S/c1-17-23(25(37)34-16-18-6-9-20(10-7-18)42(5,38)39)35-36(12-13-40-4)24(17)21-11-8-19(14-22(21)41-26(29)30)15-27(2,3)28(31,32)33/h8,11,14,18,20,26H,6-7,9-10,12-13,15-16H2,1-5H3,(H,34,37). The number of hydrogen-bond donors (Lipinski definition) is 1. The Labute approximate surface area is 242 Å². The van der Waals surface area contributed by atoms with Gasteiger partial charge in [-0.3, -0.25) is 9.48 Å². The van der Waals surface area contributed by atoms with E-state index in [1.807, 2.05) is 0 Å². The monoisotopic (exact) mass is 623 g/mol. The van der Waals surface area contributed by atoms with Gasteiger partial charge in [0.25, 0.3) is 5.91 Å². The molecule has 236 valence electrons. The van der Waals surface area contributed by atoms with Crippen LogP contribution in [-0.4, -0.2) is 68.7 Å². The number of rotatable bonds is 12.